The highest BCUT2D eigenvalue weighted by molar-refractivity contribution is 7.98. The normalized spacial score (nSPS) is 10.5. The van der Waals surface area contributed by atoms with Crippen molar-refractivity contribution in [1.82, 2.24) is 0 Å². The molecule has 1 rings (SSSR count). The lowest BCUT2D eigenvalue weighted by atomic mass is 10.3. The van der Waals surface area contributed by atoms with E-state index in [1.54, 1.807) is 6.07 Å². The zero-order chi connectivity index (χ0) is 9.84. The quantitative estimate of drug-likeness (QED) is 0.757. The van der Waals surface area contributed by atoms with Gasteiger partial charge in [0.25, 0.3) is 0 Å². The number of phenolic OH excluding ortho intramolecular Hbond substituents is 1. The molecule has 1 aromatic carbocycles. The highest BCUT2D eigenvalue weighted by atomic mass is 32.2. The Bertz CT molecular complexity index is 284. The van der Waals surface area contributed by atoms with Crippen LogP contribution >= 0.6 is 11.8 Å². The van der Waals surface area contributed by atoms with Crippen molar-refractivity contribution < 1.29 is 9.84 Å². The Kier molecular flexibility index (Phi) is 3.48. The lowest BCUT2D eigenvalue weighted by Gasteiger charge is -2.12. The Labute approximate surface area is 82.9 Å². The fourth-order valence-electron chi connectivity index (χ4n) is 1.02. The van der Waals surface area contributed by atoms with Crippen molar-refractivity contribution in [1.29, 1.82) is 0 Å². The van der Waals surface area contributed by atoms with Crippen LogP contribution in [0.5, 0.6) is 11.5 Å². The number of thioether (sulfide) groups is 1. The van der Waals surface area contributed by atoms with E-state index in [-0.39, 0.29) is 11.9 Å². The molecule has 0 heterocycles. The number of benzene rings is 1. The third-order valence-electron chi connectivity index (χ3n) is 1.54. The van der Waals surface area contributed by atoms with Crippen LogP contribution in [0.15, 0.2) is 23.1 Å². The molecule has 0 aromatic heterocycles. The smallest absolute Gasteiger partial charge is 0.171 e. The predicted molar refractivity (Wildman–Crippen MR) is 55.7 cm³/mol. The van der Waals surface area contributed by atoms with E-state index in [1.807, 2.05) is 32.2 Å². The largest absolute Gasteiger partial charge is 0.503 e. The standard InChI is InChI=1S/C10H14O2S/c1-7(2)12-8-5-4-6-9(13-3)10(8)11/h4-7,11H,1-3H3. The zero-order valence-corrected chi connectivity index (χ0v) is 8.89. The summed E-state index contributed by atoms with van der Waals surface area (Å²) < 4.78 is 5.42. The number of phenols is 1. The van der Waals surface area contributed by atoms with E-state index < -0.39 is 0 Å². The minimum absolute atomic E-state index is 0.0861. The molecule has 1 N–H and O–H groups in total. The SMILES string of the molecule is CSc1cccc(OC(C)C)c1O. The number of ether oxygens (including phenoxy) is 1. The Morgan fingerprint density at radius 3 is 2.62 bits per heavy atom. The van der Waals surface area contributed by atoms with Crippen LogP contribution in [-0.4, -0.2) is 17.5 Å². The highest BCUT2D eigenvalue weighted by Gasteiger charge is 2.07. The van der Waals surface area contributed by atoms with Crippen molar-refractivity contribution in [3.05, 3.63) is 18.2 Å². The van der Waals surface area contributed by atoms with Crippen LogP contribution in [0.25, 0.3) is 0 Å². The third kappa shape index (κ3) is 2.56. The predicted octanol–water partition coefficient (Wildman–Crippen LogP) is 2.90. The van der Waals surface area contributed by atoms with Crippen LogP contribution in [-0.2, 0) is 0 Å². The fraction of sp³-hybridized carbons (Fsp3) is 0.400. The van der Waals surface area contributed by atoms with Crippen LogP contribution in [0.4, 0.5) is 0 Å². The van der Waals surface area contributed by atoms with Crippen molar-refractivity contribution in [2.24, 2.45) is 0 Å². The number of para-hydroxylation sites is 1. The van der Waals surface area contributed by atoms with Gasteiger partial charge in [-0.15, -0.1) is 11.8 Å². The van der Waals surface area contributed by atoms with E-state index >= 15 is 0 Å². The Morgan fingerprint density at radius 1 is 1.38 bits per heavy atom. The molecule has 0 amide bonds. The maximum atomic E-state index is 9.69. The van der Waals surface area contributed by atoms with E-state index in [0.29, 0.717) is 5.75 Å². The number of hydrogen-bond acceptors (Lipinski definition) is 3. The summed E-state index contributed by atoms with van der Waals surface area (Å²) >= 11 is 1.51. The molecule has 0 fully saturated rings. The first-order chi connectivity index (χ1) is 6.15. The summed E-state index contributed by atoms with van der Waals surface area (Å²) in [5.41, 5.74) is 0. The van der Waals surface area contributed by atoms with Gasteiger partial charge in [-0.2, -0.15) is 0 Å². The van der Waals surface area contributed by atoms with Gasteiger partial charge in [-0.05, 0) is 32.2 Å². The maximum absolute atomic E-state index is 9.69. The van der Waals surface area contributed by atoms with Gasteiger partial charge in [0.2, 0.25) is 0 Å². The lowest BCUT2D eigenvalue weighted by Crippen LogP contribution is -2.05. The van der Waals surface area contributed by atoms with Crippen molar-refractivity contribution in [3.63, 3.8) is 0 Å². The molecule has 0 aliphatic carbocycles. The third-order valence-corrected chi connectivity index (χ3v) is 2.31. The fourth-order valence-corrected chi connectivity index (χ4v) is 1.52. The second kappa shape index (κ2) is 4.42. The van der Waals surface area contributed by atoms with Gasteiger partial charge < -0.3 is 9.84 Å². The summed E-state index contributed by atoms with van der Waals surface area (Å²) in [6.45, 7) is 3.87. The maximum Gasteiger partial charge on any atom is 0.171 e. The van der Waals surface area contributed by atoms with Gasteiger partial charge in [-0.25, -0.2) is 0 Å². The molecule has 0 bridgehead atoms. The van der Waals surface area contributed by atoms with Gasteiger partial charge in [0.05, 0.1) is 11.0 Å². The molecule has 0 unspecified atom stereocenters. The minimum atomic E-state index is 0.0861. The molecular weight excluding hydrogens is 184 g/mol. The molecule has 0 aliphatic rings. The van der Waals surface area contributed by atoms with Gasteiger partial charge >= 0.3 is 0 Å². The van der Waals surface area contributed by atoms with Gasteiger partial charge in [0.15, 0.2) is 11.5 Å². The second-order valence-electron chi connectivity index (χ2n) is 2.97. The van der Waals surface area contributed by atoms with Crippen LogP contribution in [0, 0.1) is 0 Å². The van der Waals surface area contributed by atoms with E-state index in [0.717, 1.165) is 4.90 Å². The molecule has 3 heteroatoms. The first-order valence-corrected chi connectivity index (χ1v) is 5.40. The molecule has 2 nitrogen and oxygen atoms in total. The van der Waals surface area contributed by atoms with Crippen LogP contribution in [0.3, 0.4) is 0 Å². The van der Waals surface area contributed by atoms with Gasteiger partial charge in [0.1, 0.15) is 0 Å². The minimum Gasteiger partial charge on any atom is -0.503 e. The summed E-state index contributed by atoms with van der Waals surface area (Å²) in [7, 11) is 0. The Morgan fingerprint density at radius 2 is 2.08 bits per heavy atom. The van der Waals surface area contributed by atoms with E-state index in [1.165, 1.54) is 11.8 Å². The molecule has 0 spiro atoms. The summed E-state index contributed by atoms with van der Waals surface area (Å²) in [6, 6.07) is 5.52. The van der Waals surface area contributed by atoms with Crippen molar-refractivity contribution in [3.8, 4) is 11.5 Å². The van der Waals surface area contributed by atoms with Gasteiger partial charge in [-0.1, -0.05) is 6.07 Å². The molecule has 1 aromatic rings. The van der Waals surface area contributed by atoms with Gasteiger partial charge in [-0.3, -0.25) is 0 Å². The summed E-state index contributed by atoms with van der Waals surface area (Å²) in [4.78, 5) is 0.846. The molecule has 0 saturated heterocycles. The summed E-state index contributed by atoms with van der Waals surface area (Å²) in [5, 5.41) is 9.69. The molecule has 13 heavy (non-hydrogen) atoms. The van der Waals surface area contributed by atoms with E-state index in [9.17, 15) is 5.11 Å². The van der Waals surface area contributed by atoms with Crippen LogP contribution in [0.1, 0.15) is 13.8 Å². The second-order valence-corrected chi connectivity index (χ2v) is 3.82. The Hall–Kier alpha value is -0.830. The van der Waals surface area contributed by atoms with Gasteiger partial charge in [0, 0.05) is 0 Å². The average Bonchev–Trinajstić information content (AvgIpc) is 2.08. The van der Waals surface area contributed by atoms with E-state index in [2.05, 4.69) is 0 Å². The number of hydrogen-bond donors (Lipinski definition) is 1. The molecule has 0 saturated carbocycles. The lowest BCUT2D eigenvalue weighted by molar-refractivity contribution is 0.230. The monoisotopic (exact) mass is 198 g/mol. The number of aromatic hydroxyl groups is 1. The first kappa shape index (κ1) is 10.3. The van der Waals surface area contributed by atoms with Crippen molar-refractivity contribution in [2.75, 3.05) is 6.26 Å². The molecular formula is C10H14O2S. The molecule has 72 valence electrons. The Balaban J connectivity index is 2.94. The highest BCUT2D eigenvalue weighted by Crippen LogP contribution is 2.35. The van der Waals surface area contributed by atoms with Crippen molar-refractivity contribution in [2.45, 2.75) is 24.8 Å². The molecule has 0 aliphatic heterocycles. The van der Waals surface area contributed by atoms with Crippen LogP contribution < -0.4 is 4.74 Å². The summed E-state index contributed by atoms with van der Waals surface area (Å²) in [6.07, 6.45) is 2.01. The topological polar surface area (TPSA) is 29.5 Å². The van der Waals surface area contributed by atoms with Crippen molar-refractivity contribution >= 4 is 11.8 Å². The van der Waals surface area contributed by atoms with Crippen LogP contribution in [0.2, 0.25) is 0 Å². The van der Waals surface area contributed by atoms with E-state index in [4.69, 9.17) is 4.74 Å². The first-order valence-electron chi connectivity index (χ1n) is 4.17. The zero-order valence-electron chi connectivity index (χ0n) is 8.07. The number of rotatable bonds is 3. The average molecular weight is 198 g/mol. The summed E-state index contributed by atoms with van der Waals surface area (Å²) in [5.74, 6) is 0.797. The molecule has 0 radical (unpaired) electrons. The molecule has 0 atom stereocenters.